The first-order chi connectivity index (χ1) is 11.4. The van der Waals surface area contributed by atoms with Gasteiger partial charge in [0, 0.05) is 13.1 Å². The maximum atomic E-state index is 5.97. The van der Waals surface area contributed by atoms with Crippen molar-refractivity contribution in [3.05, 3.63) is 47.5 Å². The van der Waals surface area contributed by atoms with E-state index in [-0.39, 0.29) is 11.7 Å². The Hall–Kier alpha value is -3.42. The highest BCUT2D eigenvalue weighted by molar-refractivity contribution is 5.95. The molecule has 24 heavy (non-hydrogen) atoms. The molecule has 14 N–H and O–H groups in total. The number of amidine groups is 2. The van der Waals surface area contributed by atoms with Gasteiger partial charge in [-0.1, -0.05) is 0 Å². The Morgan fingerprint density at radius 3 is 1.42 bits per heavy atom. The van der Waals surface area contributed by atoms with E-state index in [0.29, 0.717) is 35.6 Å². The molecule has 0 aliphatic heterocycles. The molecule has 2 aromatic carbocycles. The minimum Gasteiger partial charge on any atom is -0.397 e. The lowest BCUT2D eigenvalue weighted by molar-refractivity contribution is -0.115. The van der Waals surface area contributed by atoms with Gasteiger partial charge in [-0.25, -0.2) is 0 Å². The predicted octanol–water partition coefficient (Wildman–Crippen LogP) is -2.70. The molecule has 0 heterocycles. The molecule has 0 aliphatic carbocycles. The summed E-state index contributed by atoms with van der Waals surface area (Å²) >= 11 is 0. The summed E-state index contributed by atoms with van der Waals surface area (Å²) in [5.74, 6) is 0.480. The standard InChI is InChI=1S/C16H22N8/c17-11-7-9(15(19)20)1-3-13(11)23-5-6-24-14-4-2-10(16(21)22)8-12(14)18/h1-4,7-8,23-24H,5-6,17-18H2,(H3,19,20)(H3,21,22)/p+2. The Balaban J connectivity index is 1.89. The first-order valence-corrected chi connectivity index (χ1v) is 7.42. The second-order valence-electron chi connectivity index (χ2n) is 5.37. The highest BCUT2D eigenvalue weighted by Gasteiger charge is 2.07. The normalized spacial score (nSPS) is 10.2. The number of rotatable bonds is 7. The Kier molecular flexibility index (Phi) is 5.10. The molecule has 0 saturated carbocycles. The number of hydrogen-bond donors (Lipinski definition) is 8. The van der Waals surface area contributed by atoms with Gasteiger partial charge in [-0.15, -0.1) is 0 Å². The van der Waals surface area contributed by atoms with Crippen LogP contribution in [0.15, 0.2) is 36.4 Å². The smallest absolute Gasteiger partial charge is 0.270 e. The van der Waals surface area contributed by atoms with E-state index in [1.165, 1.54) is 0 Å². The zero-order chi connectivity index (χ0) is 17.7. The maximum absolute atomic E-state index is 5.97. The highest BCUT2D eigenvalue weighted by atomic mass is 15.0. The summed E-state index contributed by atoms with van der Waals surface area (Å²) in [5, 5.41) is 17.6. The van der Waals surface area contributed by atoms with Gasteiger partial charge in [-0.2, -0.15) is 0 Å². The number of nitrogens with two attached hydrogens (primary N) is 6. The third-order valence-corrected chi connectivity index (χ3v) is 3.53. The molecule has 0 saturated heterocycles. The van der Waals surface area contributed by atoms with Gasteiger partial charge in [0.25, 0.3) is 11.7 Å². The van der Waals surface area contributed by atoms with E-state index in [4.69, 9.17) is 33.8 Å². The molecule has 2 rings (SSSR count). The minimum atomic E-state index is 0.240. The topological polar surface area (TPSA) is 179 Å². The van der Waals surface area contributed by atoms with E-state index in [1.807, 2.05) is 24.3 Å². The number of benzene rings is 2. The van der Waals surface area contributed by atoms with E-state index < -0.39 is 0 Å². The van der Waals surface area contributed by atoms with Gasteiger partial charge in [-0.3, -0.25) is 22.3 Å². The largest absolute Gasteiger partial charge is 0.397 e. The van der Waals surface area contributed by atoms with Gasteiger partial charge in [0.2, 0.25) is 0 Å². The molecule has 0 bridgehead atoms. The van der Waals surface area contributed by atoms with Crippen molar-refractivity contribution in [2.24, 2.45) is 11.5 Å². The van der Waals surface area contributed by atoms with Gasteiger partial charge in [0.15, 0.2) is 0 Å². The van der Waals surface area contributed by atoms with Crippen molar-refractivity contribution in [3.63, 3.8) is 0 Å². The predicted molar refractivity (Wildman–Crippen MR) is 99.1 cm³/mol. The summed E-state index contributed by atoms with van der Waals surface area (Å²) in [4.78, 5) is 0. The van der Waals surface area contributed by atoms with Gasteiger partial charge in [-0.05, 0) is 36.4 Å². The lowest BCUT2D eigenvalue weighted by atomic mass is 10.1. The summed E-state index contributed by atoms with van der Waals surface area (Å²) in [6, 6.07) is 10.8. The second-order valence-corrected chi connectivity index (χ2v) is 5.37. The molecule has 0 aromatic heterocycles. The van der Waals surface area contributed by atoms with Crippen LogP contribution < -0.4 is 44.4 Å². The van der Waals surface area contributed by atoms with Crippen LogP contribution in [0.25, 0.3) is 0 Å². The number of nitrogens with one attached hydrogen (secondary N) is 2. The van der Waals surface area contributed by atoms with Crippen LogP contribution in [0.1, 0.15) is 11.1 Å². The van der Waals surface area contributed by atoms with Gasteiger partial charge in [0.05, 0.1) is 33.9 Å². The van der Waals surface area contributed by atoms with E-state index >= 15 is 0 Å². The highest BCUT2D eigenvalue weighted by Crippen LogP contribution is 2.20. The van der Waals surface area contributed by atoms with Gasteiger partial charge < -0.3 is 22.1 Å². The first kappa shape index (κ1) is 16.9. The van der Waals surface area contributed by atoms with Crippen molar-refractivity contribution < 1.29 is 10.8 Å². The Morgan fingerprint density at radius 2 is 1.12 bits per heavy atom. The molecule has 0 amide bonds. The van der Waals surface area contributed by atoms with Crippen molar-refractivity contribution in [3.8, 4) is 0 Å². The lowest BCUT2D eigenvalue weighted by Crippen LogP contribution is -2.46. The van der Waals surface area contributed by atoms with Gasteiger partial charge >= 0.3 is 0 Å². The van der Waals surface area contributed by atoms with Crippen LogP contribution >= 0.6 is 0 Å². The van der Waals surface area contributed by atoms with E-state index in [9.17, 15) is 0 Å². The minimum absolute atomic E-state index is 0.240. The molecule has 0 radical (unpaired) electrons. The number of nitrogen functional groups attached to an aromatic ring is 2. The molecule has 0 unspecified atom stereocenters. The summed E-state index contributed by atoms with van der Waals surface area (Å²) in [6.45, 7) is 1.30. The van der Waals surface area contributed by atoms with E-state index in [1.54, 1.807) is 12.1 Å². The van der Waals surface area contributed by atoms with Crippen molar-refractivity contribution in [2.45, 2.75) is 0 Å². The van der Waals surface area contributed by atoms with Crippen molar-refractivity contribution in [2.75, 3.05) is 35.2 Å². The van der Waals surface area contributed by atoms with Crippen LogP contribution in [-0.2, 0) is 0 Å². The van der Waals surface area contributed by atoms with Crippen LogP contribution in [0, 0.1) is 0 Å². The molecule has 0 fully saturated rings. The number of hydrogen-bond acceptors (Lipinski definition) is 4. The molecule has 2 aromatic rings. The van der Waals surface area contributed by atoms with E-state index in [2.05, 4.69) is 10.6 Å². The van der Waals surface area contributed by atoms with Crippen LogP contribution in [0.2, 0.25) is 0 Å². The van der Waals surface area contributed by atoms with Crippen molar-refractivity contribution >= 4 is 34.4 Å². The average molecular weight is 328 g/mol. The second kappa shape index (κ2) is 7.23. The van der Waals surface area contributed by atoms with Crippen molar-refractivity contribution in [1.29, 1.82) is 0 Å². The quantitative estimate of drug-likeness (QED) is 0.118. The van der Waals surface area contributed by atoms with Crippen LogP contribution in [0.5, 0.6) is 0 Å². The Morgan fingerprint density at radius 1 is 0.750 bits per heavy atom. The molecular weight excluding hydrogens is 304 g/mol. The SMILES string of the molecule is NC(=[NH2+])c1ccc(NCCNc2ccc(C(N)=[NH2+])cc2N)c(N)c1. The molecule has 0 spiro atoms. The summed E-state index contributed by atoms with van der Waals surface area (Å²) in [7, 11) is 0. The average Bonchev–Trinajstić information content (AvgIpc) is 2.53. The molecular formula is C16H24N8+2. The maximum Gasteiger partial charge on any atom is 0.270 e. The molecule has 8 nitrogen and oxygen atoms in total. The zero-order valence-corrected chi connectivity index (χ0v) is 13.3. The summed E-state index contributed by atoms with van der Waals surface area (Å²) in [6.07, 6.45) is 0. The fraction of sp³-hybridized carbons (Fsp3) is 0.125. The monoisotopic (exact) mass is 328 g/mol. The van der Waals surface area contributed by atoms with E-state index in [0.717, 1.165) is 11.4 Å². The Labute approximate surface area is 140 Å². The Bertz CT molecular complexity index is 703. The molecule has 126 valence electrons. The third kappa shape index (κ3) is 4.07. The first-order valence-electron chi connectivity index (χ1n) is 7.42. The zero-order valence-electron chi connectivity index (χ0n) is 13.3. The van der Waals surface area contributed by atoms with Crippen LogP contribution in [0.3, 0.4) is 0 Å². The summed E-state index contributed by atoms with van der Waals surface area (Å²) < 4.78 is 0. The number of anilines is 4. The van der Waals surface area contributed by atoms with Crippen molar-refractivity contribution in [1.82, 2.24) is 0 Å². The third-order valence-electron chi connectivity index (χ3n) is 3.53. The molecule has 0 aliphatic rings. The summed E-state index contributed by atoms with van der Waals surface area (Å²) in [5.41, 5.74) is 27.2. The fourth-order valence-corrected chi connectivity index (χ4v) is 2.20. The fourth-order valence-electron chi connectivity index (χ4n) is 2.20. The molecule has 8 heteroatoms. The van der Waals surface area contributed by atoms with Gasteiger partial charge in [0.1, 0.15) is 0 Å². The van der Waals surface area contributed by atoms with Crippen LogP contribution in [-0.4, -0.2) is 24.8 Å². The lowest BCUT2D eigenvalue weighted by Gasteiger charge is -2.13. The van der Waals surface area contributed by atoms with Crippen LogP contribution in [0.4, 0.5) is 22.7 Å². The molecule has 0 atom stereocenters.